The van der Waals surface area contributed by atoms with Gasteiger partial charge in [0.05, 0.1) is 26.9 Å². The third kappa shape index (κ3) is 2.61. The van der Waals surface area contributed by atoms with Gasteiger partial charge in [0.1, 0.15) is 5.75 Å². The molecule has 3 rings (SSSR count). The number of hydrogen-bond acceptors (Lipinski definition) is 6. The second-order valence-electron chi connectivity index (χ2n) is 5.49. The van der Waals surface area contributed by atoms with Gasteiger partial charge in [0.25, 0.3) is 0 Å². The van der Waals surface area contributed by atoms with E-state index >= 15 is 0 Å². The Hall–Kier alpha value is -2.24. The van der Waals surface area contributed by atoms with Crippen molar-refractivity contribution in [1.29, 1.82) is 0 Å². The predicted octanol–water partition coefficient (Wildman–Crippen LogP) is 3.28. The Morgan fingerprint density at radius 3 is 2.27 bits per heavy atom. The molecule has 0 amide bonds. The first-order valence-electron chi connectivity index (χ1n) is 7.32. The van der Waals surface area contributed by atoms with Crippen LogP contribution in [0.4, 0.5) is 0 Å². The molecular formula is C16H20N2O4. The summed E-state index contributed by atoms with van der Waals surface area (Å²) in [5.41, 5.74) is 0.721. The van der Waals surface area contributed by atoms with E-state index in [1.54, 1.807) is 33.5 Å². The van der Waals surface area contributed by atoms with Crippen molar-refractivity contribution in [2.24, 2.45) is 5.92 Å². The van der Waals surface area contributed by atoms with Crippen molar-refractivity contribution in [2.45, 2.75) is 25.7 Å². The number of benzene rings is 1. The van der Waals surface area contributed by atoms with Crippen molar-refractivity contribution in [2.75, 3.05) is 21.3 Å². The summed E-state index contributed by atoms with van der Waals surface area (Å²) in [7, 11) is 4.77. The van der Waals surface area contributed by atoms with Crippen LogP contribution in [-0.2, 0) is 0 Å². The van der Waals surface area contributed by atoms with E-state index in [-0.39, 0.29) is 0 Å². The second kappa shape index (κ2) is 5.87. The normalized spacial score (nSPS) is 15.5. The van der Waals surface area contributed by atoms with Gasteiger partial charge in [-0.2, -0.15) is 4.98 Å². The third-order valence-electron chi connectivity index (χ3n) is 4.11. The molecule has 0 spiro atoms. The number of rotatable bonds is 6. The Bertz CT molecular complexity index is 664. The van der Waals surface area contributed by atoms with Gasteiger partial charge in [-0.25, -0.2) is 0 Å². The van der Waals surface area contributed by atoms with Gasteiger partial charge in [-0.05, 0) is 24.8 Å². The minimum atomic E-state index is 0.299. The molecule has 0 saturated heterocycles. The van der Waals surface area contributed by atoms with E-state index in [0.29, 0.717) is 40.8 Å². The SMILES string of the molecule is COc1cc(OC)c(-c2noc([C@@H](C)C3CC3)n2)cc1OC. The molecule has 22 heavy (non-hydrogen) atoms. The summed E-state index contributed by atoms with van der Waals surface area (Å²) in [6.45, 7) is 2.13. The second-order valence-corrected chi connectivity index (χ2v) is 5.49. The van der Waals surface area contributed by atoms with Crippen molar-refractivity contribution >= 4 is 0 Å². The molecule has 0 N–H and O–H groups in total. The predicted molar refractivity (Wildman–Crippen MR) is 80.5 cm³/mol. The molecule has 2 aromatic rings. The molecule has 0 unspecified atom stereocenters. The molecule has 1 atom stereocenters. The Morgan fingerprint density at radius 1 is 1.05 bits per heavy atom. The molecule has 1 aromatic heterocycles. The number of methoxy groups -OCH3 is 3. The lowest BCUT2D eigenvalue weighted by Crippen LogP contribution is -1.97. The van der Waals surface area contributed by atoms with Crippen LogP contribution in [0.15, 0.2) is 16.7 Å². The van der Waals surface area contributed by atoms with Gasteiger partial charge in [0, 0.05) is 12.0 Å². The molecule has 118 valence electrons. The zero-order chi connectivity index (χ0) is 15.7. The highest BCUT2D eigenvalue weighted by Gasteiger charge is 2.33. The number of aromatic nitrogens is 2. The molecular weight excluding hydrogens is 284 g/mol. The van der Waals surface area contributed by atoms with Crippen molar-refractivity contribution in [1.82, 2.24) is 10.1 Å². The molecule has 1 aliphatic rings. The average Bonchev–Trinajstić information content (AvgIpc) is 3.29. The maximum absolute atomic E-state index is 5.42. The first-order chi connectivity index (χ1) is 10.7. The Kier molecular flexibility index (Phi) is 3.92. The molecule has 6 heteroatoms. The molecule has 1 saturated carbocycles. The van der Waals surface area contributed by atoms with E-state index in [2.05, 4.69) is 17.1 Å². The van der Waals surface area contributed by atoms with Crippen LogP contribution in [0.1, 0.15) is 31.6 Å². The minimum absolute atomic E-state index is 0.299. The van der Waals surface area contributed by atoms with Crippen molar-refractivity contribution in [3.63, 3.8) is 0 Å². The lowest BCUT2D eigenvalue weighted by molar-refractivity contribution is 0.346. The van der Waals surface area contributed by atoms with Crippen LogP contribution < -0.4 is 14.2 Å². The van der Waals surface area contributed by atoms with Crippen LogP contribution in [0, 0.1) is 5.92 Å². The first kappa shape index (κ1) is 14.7. The summed E-state index contributed by atoms with van der Waals surface area (Å²) < 4.78 is 21.5. The smallest absolute Gasteiger partial charge is 0.230 e. The Morgan fingerprint density at radius 2 is 1.68 bits per heavy atom. The topological polar surface area (TPSA) is 66.6 Å². The number of ether oxygens (including phenoxy) is 3. The maximum atomic E-state index is 5.42. The summed E-state index contributed by atoms with van der Waals surface area (Å²) >= 11 is 0. The molecule has 6 nitrogen and oxygen atoms in total. The summed E-state index contributed by atoms with van der Waals surface area (Å²) in [5, 5.41) is 4.09. The Balaban J connectivity index is 1.99. The van der Waals surface area contributed by atoms with Crippen molar-refractivity contribution in [3.05, 3.63) is 18.0 Å². The van der Waals surface area contributed by atoms with E-state index in [1.807, 2.05) is 0 Å². The minimum Gasteiger partial charge on any atom is -0.496 e. The molecule has 1 heterocycles. The van der Waals surface area contributed by atoms with E-state index in [4.69, 9.17) is 18.7 Å². The van der Waals surface area contributed by atoms with Crippen molar-refractivity contribution in [3.8, 4) is 28.6 Å². The number of hydrogen-bond donors (Lipinski definition) is 0. The van der Waals surface area contributed by atoms with Crippen LogP contribution >= 0.6 is 0 Å². The van der Waals surface area contributed by atoms with Crippen LogP contribution in [-0.4, -0.2) is 31.5 Å². The highest BCUT2D eigenvalue weighted by molar-refractivity contribution is 5.69. The van der Waals surface area contributed by atoms with Gasteiger partial charge in [0.15, 0.2) is 11.5 Å². The highest BCUT2D eigenvalue weighted by Crippen LogP contribution is 2.43. The monoisotopic (exact) mass is 304 g/mol. The standard InChI is InChI=1S/C16H20N2O4/c1-9(10-5-6-10)16-17-15(18-22-16)11-7-13(20-3)14(21-4)8-12(11)19-2/h7-10H,5-6H2,1-4H3/t9-/m0/s1. The summed E-state index contributed by atoms with van der Waals surface area (Å²) in [6.07, 6.45) is 2.47. The molecule has 0 aliphatic heterocycles. The van der Waals surface area contributed by atoms with Gasteiger partial charge < -0.3 is 18.7 Å². The molecule has 1 aliphatic carbocycles. The fourth-order valence-corrected chi connectivity index (χ4v) is 2.53. The fourth-order valence-electron chi connectivity index (χ4n) is 2.53. The van der Waals surface area contributed by atoms with Crippen molar-refractivity contribution < 1.29 is 18.7 Å². The van der Waals surface area contributed by atoms with Crippen LogP contribution in [0.2, 0.25) is 0 Å². The lowest BCUT2D eigenvalue weighted by atomic mass is 10.1. The van der Waals surface area contributed by atoms with Crippen LogP contribution in [0.25, 0.3) is 11.4 Å². The van der Waals surface area contributed by atoms with E-state index < -0.39 is 0 Å². The van der Waals surface area contributed by atoms with Crippen LogP contribution in [0.5, 0.6) is 17.2 Å². The zero-order valence-electron chi connectivity index (χ0n) is 13.3. The molecule has 0 radical (unpaired) electrons. The van der Waals surface area contributed by atoms with E-state index in [1.165, 1.54) is 12.8 Å². The van der Waals surface area contributed by atoms with Gasteiger partial charge >= 0.3 is 0 Å². The van der Waals surface area contributed by atoms with Gasteiger partial charge in [-0.1, -0.05) is 12.1 Å². The quantitative estimate of drug-likeness (QED) is 0.816. The zero-order valence-corrected chi connectivity index (χ0v) is 13.3. The highest BCUT2D eigenvalue weighted by atomic mass is 16.5. The largest absolute Gasteiger partial charge is 0.496 e. The average molecular weight is 304 g/mol. The first-order valence-corrected chi connectivity index (χ1v) is 7.32. The summed E-state index contributed by atoms with van der Waals surface area (Å²) in [5.74, 6) is 3.95. The molecule has 1 fully saturated rings. The summed E-state index contributed by atoms with van der Waals surface area (Å²) in [4.78, 5) is 4.53. The van der Waals surface area contributed by atoms with E-state index in [9.17, 15) is 0 Å². The maximum Gasteiger partial charge on any atom is 0.230 e. The van der Waals surface area contributed by atoms with E-state index in [0.717, 1.165) is 5.56 Å². The fraction of sp³-hybridized carbons (Fsp3) is 0.500. The van der Waals surface area contributed by atoms with Gasteiger partial charge in [-0.15, -0.1) is 0 Å². The lowest BCUT2D eigenvalue weighted by Gasteiger charge is -2.12. The van der Waals surface area contributed by atoms with Crippen LogP contribution in [0.3, 0.4) is 0 Å². The molecule has 0 bridgehead atoms. The van der Waals surface area contributed by atoms with Gasteiger partial charge in [-0.3, -0.25) is 0 Å². The third-order valence-corrected chi connectivity index (χ3v) is 4.11. The van der Waals surface area contributed by atoms with Gasteiger partial charge in [0.2, 0.25) is 11.7 Å². The summed E-state index contributed by atoms with van der Waals surface area (Å²) in [6, 6.07) is 3.56. The molecule has 1 aromatic carbocycles. The Labute approximate surface area is 129 Å². The number of nitrogens with zero attached hydrogens (tertiary/aromatic N) is 2.